The molecule has 0 radical (unpaired) electrons. The molecule has 2 heterocycles. The Morgan fingerprint density at radius 1 is 1.30 bits per heavy atom. The lowest BCUT2D eigenvalue weighted by Crippen LogP contribution is -1.99. The van der Waals surface area contributed by atoms with E-state index in [0.29, 0.717) is 28.2 Å². The molecule has 2 N–H and O–H groups in total. The van der Waals surface area contributed by atoms with E-state index in [9.17, 15) is 0 Å². The molecule has 0 bridgehead atoms. The summed E-state index contributed by atoms with van der Waals surface area (Å²) in [6.07, 6.45) is 1.63. The predicted octanol–water partition coefficient (Wildman–Crippen LogP) is 3.15. The molecule has 0 atom stereocenters. The van der Waals surface area contributed by atoms with E-state index in [2.05, 4.69) is 25.5 Å². The van der Waals surface area contributed by atoms with Crippen LogP contribution in [0, 0.1) is 6.92 Å². The second-order valence-corrected chi connectivity index (χ2v) is 4.68. The zero-order valence-corrected chi connectivity index (χ0v) is 11.7. The smallest absolute Gasteiger partial charge is 0.235 e. The van der Waals surface area contributed by atoms with Gasteiger partial charge in [0.2, 0.25) is 11.8 Å². The first-order valence-corrected chi connectivity index (χ1v) is 6.38. The fourth-order valence-corrected chi connectivity index (χ4v) is 2.06. The lowest BCUT2D eigenvalue weighted by atomic mass is 10.2. The Morgan fingerprint density at radius 3 is 2.90 bits per heavy atom. The van der Waals surface area contributed by atoms with Gasteiger partial charge in [-0.05, 0) is 30.7 Å². The van der Waals surface area contributed by atoms with Gasteiger partial charge in [0.15, 0.2) is 5.65 Å². The Hall–Kier alpha value is -2.34. The number of hydrogen-bond donors (Lipinski definition) is 2. The van der Waals surface area contributed by atoms with E-state index in [-0.39, 0.29) is 0 Å². The standard InChI is InChI=1S/C13H12ClN5O/c1-7-5-8(14)3-4-10(7)20-12-9-6-16-19-11(9)17-13(15-2)18-12/h3-6H,1-2H3,(H2,15,16,17,18,19). The third kappa shape index (κ3) is 2.25. The zero-order chi connectivity index (χ0) is 14.1. The minimum atomic E-state index is 0.443. The number of aromatic nitrogens is 4. The highest BCUT2D eigenvalue weighted by molar-refractivity contribution is 6.30. The second kappa shape index (κ2) is 4.97. The summed E-state index contributed by atoms with van der Waals surface area (Å²) < 4.78 is 5.87. The van der Waals surface area contributed by atoms with Gasteiger partial charge in [-0.3, -0.25) is 5.10 Å². The number of ether oxygens (including phenoxy) is 1. The molecule has 2 aromatic heterocycles. The fraction of sp³-hybridized carbons (Fsp3) is 0.154. The van der Waals surface area contributed by atoms with E-state index in [0.717, 1.165) is 10.9 Å². The minimum absolute atomic E-state index is 0.443. The van der Waals surface area contributed by atoms with E-state index in [4.69, 9.17) is 16.3 Å². The molecular weight excluding hydrogens is 278 g/mol. The van der Waals surface area contributed by atoms with Gasteiger partial charge in [-0.1, -0.05) is 11.6 Å². The number of nitrogens with zero attached hydrogens (tertiary/aromatic N) is 3. The normalized spacial score (nSPS) is 10.8. The fourth-order valence-electron chi connectivity index (χ4n) is 1.83. The molecule has 0 aliphatic heterocycles. The van der Waals surface area contributed by atoms with Crippen LogP contribution in [0.4, 0.5) is 5.95 Å². The van der Waals surface area contributed by atoms with Gasteiger partial charge >= 0.3 is 0 Å². The molecule has 20 heavy (non-hydrogen) atoms. The van der Waals surface area contributed by atoms with Crippen molar-refractivity contribution in [3.63, 3.8) is 0 Å². The predicted molar refractivity (Wildman–Crippen MR) is 77.5 cm³/mol. The molecule has 0 fully saturated rings. The van der Waals surface area contributed by atoms with Crippen molar-refractivity contribution in [3.8, 4) is 11.6 Å². The lowest BCUT2D eigenvalue weighted by molar-refractivity contribution is 0.465. The van der Waals surface area contributed by atoms with Crippen LogP contribution in [0.1, 0.15) is 5.56 Å². The number of rotatable bonds is 3. The Kier molecular flexibility index (Phi) is 3.15. The Morgan fingerprint density at radius 2 is 2.15 bits per heavy atom. The Balaban J connectivity index is 2.07. The van der Waals surface area contributed by atoms with E-state index in [1.54, 1.807) is 19.3 Å². The van der Waals surface area contributed by atoms with Gasteiger partial charge in [0, 0.05) is 12.1 Å². The topological polar surface area (TPSA) is 75.7 Å². The molecule has 1 aromatic carbocycles. The molecule has 0 saturated heterocycles. The number of aromatic amines is 1. The number of aryl methyl sites for hydroxylation is 1. The molecule has 102 valence electrons. The SMILES string of the molecule is CNc1nc(Oc2ccc(Cl)cc2C)c2cn[nH]c2n1. The van der Waals surface area contributed by atoms with Crippen LogP contribution in [-0.4, -0.2) is 27.2 Å². The molecular formula is C13H12ClN5O. The molecule has 3 aromatic rings. The van der Waals surface area contributed by atoms with Crippen LogP contribution in [0.15, 0.2) is 24.4 Å². The quantitative estimate of drug-likeness (QED) is 0.774. The van der Waals surface area contributed by atoms with Gasteiger partial charge in [-0.25, -0.2) is 0 Å². The molecule has 0 saturated carbocycles. The summed E-state index contributed by atoms with van der Waals surface area (Å²) in [4.78, 5) is 8.56. The molecule has 7 heteroatoms. The van der Waals surface area contributed by atoms with E-state index in [1.807, 2.05) is 19.1 Å². The summed E-state index contributed by atoms with van der Waals surface area (Å²) >= 11 is 5.94. The monoisotopic (exact) mass is 289 g/mol. The van der Waals surface area contributed by atoms with Crippen molar-refractivity contribution >= 4 is 28.6 Å². The van der Waals surface area contributed by atoms with Crippen LogP contribution in [-0.2, 0) is 0 Å². The summed E-state index contributed by atoms with van der Waals surface area (Å²) in [5.74, 6) is 1.60. The number of fused-ring (bicyclic) bond motifs is 1. The number of nitrogens with one attached hydrogen (secondary N) is 2. The molecule has 3 rings (SSSR count). The van der Waals surface area contributed by atoms with Crippen molar-refractivity contribution in [3.05, 3.63) is 35.0 Å². The summed E-state index contributed by atoms with van der Waals surface area (Å²) in [6, 6.07) is 5.42. The van der Waals surface area contributed by atoms with Crippen LogP contribution in [0.5, 0.6) is 11.6 Å². The van der Waals surface area contributed by atoms with Gasteiger partial charge in [-0.15, -0.1) is 0 Å². The maximum atomic E-state index is 5.94. The Labute approximate surface area is 120 Å². The number of hydrogen-bond acceptors (Lipinski definition) is 5. The molecule has 6 nitrogen and oxygen atoms in total. The average molecular weight is 290 g/mol. The first-order chi connectivity index (χ1) is 9.67. The summed E-state index contributed by atoms with van der Waals surface area (Å²) in [7, 11) is 1.74. The minimum Gasteiger partial charge on any atom is -0.438 e. The summed E-state index contributed by atoms with van der Waals surface area (Å²) in [5.41, 5.74) is 1.55. The van der Waals surface area contributed by atoms with E-state index < -0.39 is 0 Å². The number of H-pyrrole nitrogens is 1. The molecule has 0 unspecified atom stereocenters. The number of halogens is 1. The van der Waals surface area contributed by atoms with Crippen LogP contribution >= 0.6 is 11.6 Å². The highest BCUT2D eigenvalue weighted by Gasteiger charge is 2.12. The third-order valence-electron chi connectivity index (χ3n) is 2.84. The first kappa shape index (κ1) is 12.7. The largest absolute Gasteiger partial charge is 0.438 e. The van der Waals surface area contributed by atoms with Crippen molar-refractivity contribution in [1.82, 2.24) is 20.2 Å². The summed E-state index contributed by atoms with van der Waals surface area (Å²) in [6.45, 7) is 1.92. The van der Waals surface area contributed by atoms with Crippen LogP contribution in [0.2, 0.25) is 5.02 Å². The number of benzene rings is 1. The van der Waals surface area contributed by atoms with E-state index >= 15 is 0 Å². The van der Waals surface area contributed by atoms with Gasteiger partial charge in [-0.2, -0.15) is 15.1 Å². The van der Waals surface area contributed by atoms with Gasteiger partial charge in [0.05, 0.1) is 6.20 Å². The Bertz CT molecular complexity index is 771. The van der Waals surface area contributed by atoms with E-state index in [1.165, 1.54) is 0 Å². The van der Waals surface area contributed by atoms with Crippen molar-refractivity contribution in [1.29, 1.82) is 0 Å². The third-order valence-corrected chi connectivity index (χ3v) is 3.08. The van der Waals surface area contributed by atoms with Crippen molar-refractivity contribution in [2.24, 2.45) is 0 Å². The maximum Gasteiger partial charge on any atom is 0.235 e. The molecule has 0 aliphatic carbocycles. The van der Waals surface area contributed by atoms with Crippen molar-refractivity contribution in [2.45, 2.75) is 6.92 Å². The van der Waals surface area contributed by atoms with Gasteiger partial charge < -0.3 is 10.1 Å². The van der Waals surface area contributed by atoms with Crippen LogP contribution < -0.4 is 10.1 Å². The lowest BCUT2D eigenvalue weighted by Gasteiger charge is -2.09. The molecule has 0 spiro atoms. The zero-order valence-electron chi connectivity index (χ0n) is 10.9. The van der Waals surface area contributed by atoms with Crippen molar-refractivity contribution < 1.29 is 4.74 Å². The number of anilines is 1. The van der Waals surface area contributed by atoms with Gasteiger partial charge in [0.25, 0.3) is 0 Å². The summed E-state index contributed by atoms with van der Waals surface area (Å²) in [5, 5.41) is 11.0. The van der Waals surface area contributed by atoms with Gasteiger partial charge in [0.1, 0.15) is 11.1 Å². The molecule has 0 aliphatic rings. The maximum absolute atomic E-state index is 5.94. The highest BCUT2D eigenvalue weighted by Crippen LogP contribution is 2.30. The highest BCUT2D eigenvalue weighted by atomic mass is 35.5. The van der Waals surface area contributed by atoms with Crippen molar-refractivity contribution in [2.75, 3.05) is 12.4 Å². The van der Waals surface area contributed by atoms with Crippen LogP contribution in [0.3, 0.4) is 0 Å². The second-order valence-electron chi connectivity index (χ2n) is 4.25. The van der Waals surface area contributed by atoms with Crippen LogP contribution in [0.25, 0.3) is 11.0 Å². The first-order valence-electron chi connectivity index (χ1n) is 6.00. The average Bonchev–Trinajstić information content (AvgIpc) is 2.90. The molecule has 0 amide bonds.